The molecule has 0 spiro atoms. The molecule has 2 unspecified atom stereocenters. The molecule has 94 valence electrons. The highest BCUT2D eigenvalue weighted by molar-refractivity contribution is 7.93. The summed E-state index contributed by atoms with van der Waals surface area (Å²) in [7, 11) is -3.92. The number of carbonyl (C=O) groups excluding carboxylic acids is 1. The SMILES string of the molecule is CCC(C)NC(=O)C(C)S(=O)(=O)CC(=O)O. The van der Waals surface area contributed by atoms with Crippen LogP contribution in [0.25, 0.3) is 0 Å². The summed E-state index contributed by atoms with van der Waals surface area (Å²) in [5.41, 5.74) is 0. The molecule has 1 amide bonds. The van der Waals surface area contributed by atoms with Gasteiger partial charge >= 0.3 is 5.97 Å². The minimum absolute atomic E-state index is 0.130. The zero-order valence-corrected chi connectivity index (χ0v) is 10.4. The van der Waals surface area contributed by atoms with Gasteiger partial charge < -0.3 is 10.4 Å². The summed E-state index contributed by atoms with van der Waals surface area (Å²) in [4.78, 5) is 21.8. The van der Waals surface area contributed by atoms with Gasteiger partial charge in [-0.05, 0) is 20.3 Å². The van der Waals surface area contributed by atoms with Crippen LogP contribution in [0.1, 0.15) is 27.2 Å². The summed E-state index contributed by atoms with van der Waals surface area (Å²) in [6.07, 6.45) is 0.678. The van der Waals surface area contributed by atoms with E-state index in [1.165, 1.54) is 6.92 Å². The van der Waals surface area contributed by atoms with Gasteiger partial charge in [0.2, 0.25) is 5.91 Å². The lowest BCUT2D eigenvalue weighted by Gasteiger charge is -2.15. The molecule has 0 bridgehead atoms. The Labute approximate surface area is 95.0 Å². The van der Waals surface area contributed by atoms with Crippen LogP contribution >= 0.6 is 0 Å². The Bertz CT molecular complexity index is 362. The van der Waals surface area contributed by atoms with Crippen LogP contribution < -0.4 is 5.32 Å². The lowest BCUT2D eigenvalue weighted by atomic mass is 10.2. The molecule has 2 atom stereocenters. The number of carbonyl (C=O) groups is 2. The van der Waals surface area contributed by atoms with Crippen LogP contribution in [0.15, 0.2) is 0 Å². The van der Waals surface area contributed by atoms with E-state index in [1.807, 2.05) is 6.92 Å². The third-order valence-corrected chi connectivity index (χ3v) is 4.17. The molecule has 0 rings (SSSR count). The highest BCUT2D eigenvalue weighted by Crippen LogP contribution is 2.03. The van der Waals surface area contributed by atoms with Crippen LogP contribution in [0.4, 0.5) is 0 Å². The first kappa shape index (κ1) is 14.9. The lowest BCUT2D eigenvalue weighted by molar-refractivity contribution is -0.134. The van der Waals surface area contributed by atoms with Crippen molar-refractivity contribution in [1.82, 2.24) is 5.32 Å². The molecule has 0 aliphatic rings. The van der Waals surface area contributed by atoms with Gasteiger partial charge in [0.25, 0.3) is 0 Å². The molecule has 0 aromatic carbocycles. The van der Waals surface area contributed by atoms with Crippen molar-refractivity contribution >= 4 is 21.7 Å². The average Bonchev–Trinajstić information content (AvgIpc) is 2.14. The largest absolute Gasteiger partial charge is 0.480 e. The van der Waals surface area contributed by atoms with Crippen molar-refractivity contribution in [3.63, 3.8) is 0 Å². The third kappa shape index (κ3) is 4.61. The Balaban J connectivity index is 4.60. The first-order valence-electron chi connectivity index (χ1n) is 4.94. The maximum absolute atomic E-state index is 11.5. The smallest absolute Gasteiger partial charge is 0.318 e. The highest BCUT2D eigenvalue weighted by atomic mass is 32.2. The van der Waals surface area contributed by atoms with Gasteiger partial charge in [-0.1, -0.05) is 6.92 Å². The van der Waals surface area contributed by atoms with E-state index in [4.69, 9.17) is 5.11 Å². The van der Waals surface area contributed by atoms with E-state index in [0.29, 0.717) is 6.42 Å². The quantitative estimate of drug-likeness (QED) is 0.680. The van der Waals surface area contributed by atoms with Crippen molar-refractivity contribution in [3.8, 4) is 0 Å². The molecule has 6 nitrogen and oxygen atoms in total. The van der Waals surface area contributed by atoms with Crippen LogP contribution in [-0.4, -0.2) is 42.4 Å². The number of sulfone groups is 1. The van der Waals surface area contributed by atoms with Gasteiger partial charge in [0.05, 0.1) is 0 Å². The van der Waals surface area contributed by atoms with Gasteiger partial charge in [0, 0.05) is 6.04 Å². The topological polar surface area (TPSA) is 101 Å². The number of amides is 1. The van der Waals surface area contributed by atoms with E-state index in [0.717, 1.165) is 0 Å². The first-order chi connectivity index (χ1) is 7.20. The second kappa shape index (κ2) is 5.83. The summed E-state index contributed by atoms with van der Waals surface area (Å²) in [6, 6.07) is -0.130. The van der Waals surface area contributed by atoms with Crippen molar-refractivity contribution in [2.45, 2.75) is 38.5 Å². The number of carboxylic acids is 1. The molecular formula is C9H17NO5S. The van der Waals surface area contributed by atoms with Crippen LogP contribution in [0.3, 0.4) is 0 Å². The number of carboxylic acid groups (broad SMARTS) is 1. The molecular weight excluding hydrogens is 234 g/mol. The normalized spacial score (nSPS) is 15.2. The first-order valence-corrected chi connectivity index (χ1v) is 6.66. The monoisotopic (exact) mass is 251 g/mol. The van der Waals surface area contributed by atoms with E-state index in [2.05, 4.69) is 5.32 Å². The van der Waals surface area contributed by atoms with Crippen LogP contribution in [-0.2, 0) is 19.4 Å². The van der Waals surface area contributed by atoms with E-state index < -0.39 is 32.7 Å². The van der Waals surface area contributed by atoms with E-state index in [9.17, 15) is 18.0 Å². The molecule has 0 aliphatic heterocycles. The molecule has 0 aromatic heterocycles. The fraction of sp³-hybridized carbons (Fsp3) is 0.778. The Hall–Kier alpha value is -1.11. The Morgan fingerprint density at radius 3 is 2.19 bits per heavy atom. The van der Waals surface area contributed by atoms with Gasteiger partial charge in [-0.25, -0.2) is 8.42 Å². The van der Waals surface area contributed by atoms with Crippen molar-refractivity contribution in [1.29, 1.82) is 0 Å². The fourth-order valence-corrected chi connectivity index (χ4v) is 1.91. The highest BCUT2D eigenvalue weighted by Gasteiger charge is 2.30. The molecule has 2 N–H and O–H groups in total. The Kier molecular flexibility index (Phi) is 5.43. The third-order valence-electron chi connectivity index (χ3n) is 2.23. The summed E-state index contributed by atoms with van der Waals surface area (Å²) >= 11 is 0. The molecule has 0 aromatic rings. The zero-order valence-electron chi connectivity index (χ0n) is 9.56. The van der Waals surface area contributed by atoms with E-state index >= 15 is 0 Å². The Morgan fingerprint density at radius 2 is 1.81 bits per heavy atom. The number of hydrogen-bond donors (Lipinski definition) is 2. The van der Waals surface area contributed by atoms with Crippen LogP contribution in [0, 0.1) is 0 Å². The number of nitrogens with one attached hydrogen (secondary N) is 1. The zero-order chi connectivity index (χ0) is 12.9. The number of rotatable bonds is 6. The van der Waals surface area contributed by atoms with Crippen molar-refractivity contribution in [2.75, 3.05) is 5.75 Å². The molecule has 7 heteroatoms. The summed E-state index contributed by atoms with van der Waals surface area (Å²) < 4.78 is 22.8. The van der Waals surface area contributed by atoms with E-state index in [1.54, 1.807) is 6.92 Å². The summed E-state index contributed by atoms with van der Waals surface area (Å²) in [5.74, 6) is -3.14. The van der Waals surface area contributed by atoms with Gasteiger partial charge in [0.1, 0.15) is 11.0 Å². The summed E-state index contributed by atoms with van der Waals surface area (Å²) in [5, 5.41) is 9.56. The minimum atomic E-state index is -3.92. The second-order valence-electron chi connectivity index (χ2n) is 3.66. The predicted molar refractivity (Wildman–Crippen MR) is 58.8 cm³/mol. The fourth-order valence-electron chi connectivity index (χ4n) is 0.922. The van der Waals surface area contributed by atoms with Gasteiger partial charge in [-0.3, -0.25) is 9.59 Å². The molecule has 0 saturated heterocycles. The van der Waals surface area contributed by atoms with Crippen molar-refractivity contribution < 1.29 is 23.1 Å². The van der Waals surface area contributed by atoms with Crippen molar-refractivity contribution in [3.05, 3.63) is 0 Å². The maximum Gasteiger partial charge on any atom is 0.318 e. The maximum atomic E-state index is 11.5. The average molecular weight is 251 g/mol. The van der Waals surface area contributed by atoms with Gasteiger partial charge in [-0.2, -0.15) is 0 Å². The Morgan fingerprint density at radius 1 is 1.31 bits per heavy atom. The van der Waals surface area contributed by atoms with Crippen LogP contribution in [0.2, 0.25) is 0 Å². The molecule has 0 aliphatic carbocycles. The molecule has 0 radical (unpaired) electrons. The standard InChI is InChI=1S/C9H17NO5S/c1-4-6(2)10-9(13)7(3)16(14,15)5-8(11)12/h6-7H,4-5H2,1-3H3,(H,10,13)(H,11,12). The molecule has 16 heavy (non-hydrogen) atoms. The molecule has 0 heterocycles. The second-order valence-corrected chi connectivity index (χ2v) is 5.98. The van der Waals surface area contributed by atoms with E-state index in [-0.39, 0.29) is 6.04 Å². The lowest BCUT2D eigenvalue weighted by Crippen LogP contribution is -2.43. The molecule has 0 fully saturated rings. The predicted octanol–water partition coefficient (Wildman–Crippen LogP) is -0.211. The minimum Gasteiger partial charge on any atom is -0.480 e. The van der Waals surface area contributed by atoms with Gasteiger partial charge in [0.15, 0.2) is 9.84 Å². The number of hydrogen-bond acceptors (Lipinski definition) is 4. The summed E-state index contributed by atoms with van der Waals surface area (Å²) in [6.45, 7) is 4.78. The number of aliphatic carboxylic acids is 1. The van der Waals surface area contributed by atoms with Crippen LogP contribution in [0.5, 0.6) is 0 Å². The van der Waals surface area contributed by atoms with Gasteiger partial charge in [-0.15, -0.1) is 0 Å². The molecule has 0 saturated carbocycles. The van der Waals surface area contributed by atoms with Crippen molar-refractivity contribution in [2.24, 2.45) is 0 Å².